The van der Waals surface area contributed by atoms with Crippen LogP contribution in [0.4, 0.5) is 0 Å². The summed E-state index contributed by atoms with van der Waals surface area (Å²) in [6.07, 6.45) is 3.64. The summed E-state index contributed by atoms with van der Waals surface area (Å²) in [6.45, 7) is 4.54. The Bertz CT molecular complexity index is 1190. The van der Waals surface area contributed by atoms with E-state index in [1.807, 2.05) is 17.6 Å². The van der Waals surface area contributed by atoms with E-state index in [4.69, 9.17) is 25.5 Å². The van der Waals surface area contributed by atoms with Gasteiger partial charge in [-0.1, -0.05) is 11.6 Å². The molecule has 0 radical (unpaired) electrons. The number of nitrogens with zero attached hydrogens (tertiary/aromatic N) is 5. The summed E-state index contributed by atoms with van der Waals surface area (Å²) in [4.78, 5) is 8.27. The molecule has 178 valence electrons. The van der Waals surface area contributed by atoms with Gasteiger partial charge in [-0.2, -0.15) is 0 Å². The average Bonchev–Trinajstić information content (AvgIpc) is 3.41. The summed E-state index contributed by atoms with van der Waals surface area (Å²) in [7, 11) is -2.32. The Hall–Kier alpha value is -2.34. The van der Waals surface area contributed by atoms with Crippen LogP contribution in [0, 0.1) is 6.92 Å². The minimum atomic E-state index is -3.74. The van der Waals surface area contributed by atoms with Gasteiger partial charge < -0.3 is 18.5 Å². The first-order valence-electron chi connectivity index (χ1n) is 10.6. The third-order valence-electron chi connectivity index (χ3n) is 5.70. The van der Waals surface area contributed by atoms with Crippen molar-refractivity contribution in [3.05, 3.63) is 47.0 Å². The highest BCUT2D eigenvalue weighted by Gasteiger charge is 2.35. The monoisotopic (exact) mass is 495 g/mol. The number of ether oxygens (including phenoxy) is 2. The van der Waals surface area contributed by atoms with Gasteiger partial charge in [-0.15, -0.1) is 10.2 Å². The minimum Gasteiger partial charge on any atom is -0.458 e. The normalized spacial score (nSPS) is 18.8. The van der Waals surface area contributed by atoms with Crippen molar-refractivity contribution < 1.29 is 22.3 Å². The molecule has 3 aromatic heterocycles. The van der Waals surface area contributed by atoms with Gasteiger partial charge in [-0.05, 0) is 38.8 Å². The van der Waals surface area contributed by atoms with Crippen LogP contribution in [0.1, 0.15) is 49.3 Å². The fourth-order valence-corrected chi connectivity index (χ4v) is 5.46. The first-order chi connectivity index (χ1) is 15.8. The molecule has 4 rings (SSSR count). The van der Waals surface area contributed by atoms with Crippen LogP contribution in [0.25, 0.3) is 11.6 Å². The lowest BCUT2D eigenvalue weighted by Gasteiger charge is -2.26. The standard InChI is InChI=1S/C21H26ClN5O5S/c1-13-6-7-17(32-13)21-26-25-18(27(21)16-5-4-8-31-11-16)12-33(28,29)14(2)19(30-3)20-23-9-15(22)10-24-20/h6-7,9-10,14,16,19H,4-5,8,11-12H2,1-3H3/t14-,16-,19-/m0/s1. The summed E-state index contributed by atoms with van der Waals surface area (Å²) in [5.74, 6) is 1.99. The number of halogens is 1. The van der Waals surface area contributed by atoms with E-state index >= 15 is 0 Å². The molecule has 1 saturated heterocycles. The van der Waals surface area contributed by atoms with E-state index < -0.39 is 21.2 Å². The van der Waals surface area contributed by atoms with Gasteiger partial charge in [0.05, 0.1) is 22.9 Å². The predicted molar refractivity (Wildman–Crippen MR) is 120 cm³/mol. The minimum absolute atomic E-state index is 0.0903. The van der Waals surface area contributed by atoms with Crippen LogP contribution in [0.2, 0.25) is 5.02 Å². The molecule has 0 bridgehead atoms. The third kappa shape index (κ3) is 5.11. The van der Waals surface area contributed by atoms with E-state index in [0.717, 1.165) is 18.6 Å². The van der Waals surface area contributed by atoms with Crippen LogP contribution >= 0.6 is 11.6 Å². The van der Waals surface area contributed by atoms with Crippen LogP contribution in [0.15, 0.2) is 28.9 Å². The lowest BCUT2D eigenvalue weighted by Crippen LogP contribution is -2.31. The Morgan fingerprint density at radius 1 is 1.27 bits per heavy atom. The maximum atomic E-state index is 13.4. The van der Waals surface area contributed by atoms with Crippen molar-refractivity contribution in [2.24, 2.45) is 0 Å². The average molecular weight is 496 g/mol. The maximum absolute atomic E-state index is 13.4. The Kier molecular flexibility index (Phi) is 7.13. The van der Waals surface area contributed by atoms with Gasteiger partial charge >= 0.3 is 0 Å². The summed E-state index contributed by atoms with van der Waals surface area (Å²) < 4.78 is 45.6. The molecule has 0 N–H and O–H groups in total. The Morgan fingerprint density at radius 3 is 2.64 bits per heavy atom. The maximum Gasteiger partial charge on any atom is 0.200 e. The number of methoxy groups -OCH3 is 1. The molecule has 0 spiro atoms. The molecule has 1 aliphatic heterocycles. The summed E-state index contributed by atoms with van der Waals surface area (Å²) in [5, 5.41) is 7.94. The number of furan rings is 1. The van der Waals surface area contributed by atoms with Gasteiger partial charge in [-0.25, -0.2) is 18.4 Å². The molecule has 4 heterocycles. The van der Waals surface area contributed by atoms with Crippen molar-refractivity contribution in [3.8, 4) is 11.6 Å². The number of aromatic nitrogens is 5. The molecule has 3 atom stereocenters. The van der Waals surface area contributed by atoms with Crippen LogP contribution in [0.5, 0.6) is 0 Å². The molecule has 12 heteroatoms. The number of hydrogen-bond donors (Lipinski definition) is 0. The van der Waals surface area contributed by atoms with Crippen molar-refractivity contribution in [3.63, 3.8) is 0 Å². The number of aryl methyl sites for hydroxylation is 1. The van der Waals surface area contributed by atoms with E-state index in [0.29, 0.717) is 35.6 Å². The lowest BCUT2D eigenvalue weighted by atomic mass is 10.1. The van der Waals surface area contributed by atoms with E-state index in [2.05, 4.69) is 20.2 Å². The molecule has 0 aliphatic carbocycles. The van der Waals surface area contributed by atoms with Gasteiger partial charge in [0.2, 0.25) is 0 Å². The molecule has 0 saturated carbocycles. The van der Waals surface area contributed by atoms with E-state index in [-0.39, 0.29) is 17.6 Å². The quantitative estimate of drug-likeness (QED) is 0.462. The number of rotatable bonds is 8. The van der Waals surface area contributed by atoms with Crippen molar-refractivity contribution in [1.29, 1.82) is 0 Å². The molecular formula is C21H26ClN5O5S. The first-order valence-corrected chi connectivity index (χ1v) is 12.7. The van der Waals surface area contributed by atoms with Gasteiger partial charge in [0, 0.05) is 26.1 Å². The second-order valence-corrected chi connectivity index (χ2v) is 10.8. The van der Waals surface area contributed by atoms with Gasteiger partial charge in [0.1, 0.15) is 23.4 Å². The third-order valence-corrected chi connectivity index (χ3v) is 7.94. The van der Waals surface area contributed by atoms with Crippen molar-refractivity contribution >= 4 is 21.4 Å². The van der Waals surface area contributed by atoms with Gasteiger partial charge in [0.15, 0.2) is 27.2 Å². The molecule has 1 aliphatic rings. The zero-order valence-corrected chi connectivity index (χ0v) is 20.2. The smallest absolute Gasteiger partial charge is 0.200 e. The molecule has 0 amide bonds. The SMILES string of the molecule is CO[C@H](c1ncc(Cl)cn1)[C@H](C)S(=O)(=O)Cc1nnc(-c2ccc(C)o2)n1[C@H]1CCCOC1. The fourth-order valence-electron chi connectivity index (χ4n) is 3.93. The predicted octanol–water partition coefficient (Wildman–Crippen LogP) is 3.33. The van der Waals surface area contributed by atoms with Gasteiger partial charge in [-0.3, -0.25) is 0 Å². The topological polar surface area (TPSA) is 122 Å². The highest BCUT2D eigenvalue weighted by molar-refractivity contribution is 7.91. The van der Waals surface area contributed by atoms with Gasteiger partial charge in [0.25, 0.3) is 0 Å². The Morgan fingerprint density at radius 2 is 2.03 bits per heavy atom. The second kappa shape index (κ2) is 9.88. The van der Waals surface area contributed by atoms with Crippen LogP contribution in [-0.2, 0) is 25.1 Å². The Labute approximate surface area is 197 Å². The largest absolute Gasteiger partial charge is 0.458 e. The molecule has 3 aromatic rings. The first kappa shape index (κ1) is 23.8. The highest BCUT2D eigenvalue weighted by atomic mass is 35.5. The summed E-state index contributed by atoms with van der Waals surface area (Å²) >= 11 is 5.86. The van der Waals surface area contributed by atoms with E-state index in [1.165, 1.54) is 19.5 Å². The van der Waals surface area contributed by atoms with E-state index in [9.17, 15) is 8.42 Å². The van der Waals surface area contributed by atoms with Crippen LogP contribution in [0.3, 0.4) is 0 Å². The molecule has 0 aromatic carbocycles. The van der Waals surface area contributed by atoms with E-state index in [1.54, 1.807) is 13.0 Å². The van der Waals surface area contributed by atoms with Crippen molar-refractivity contribution in [2.75, 3.05) is 20.3 Å². The fraction of sp³-hybridized carbons (Fsp3) is 0.524. The molecule has 1 fully saturated rings. The summed E-state index contributed by atoms with van der Waals surface area (Å²) in [5.41, 5.74) is 0. The van der Waals surface area contributed by atoms with Crippen molar-refractivity contribution in [2.45, 2.75) is 49.8 Å². The van der Waals surface area contributed by atoms with Crippen LogP contribution in [-0.4, -0.2) is 58.7 Å². The summed E-state index contributed by atoms with van der Waals surface area (Å²) in [6, 6.07) is 3.55. The molecular weight excluding hydrogens is 470 g/mol. The zero-order chi connectivity index (χ0) is 23.6. The highest BCUT2D eigenvalue weighted by Crippen LogP contribution is 2.31. The van der Waals surface area contributed by atoms with Crippen molar-refractivity contribution in [1.82, 2.24) is 24.7 Å². The lowest BCUT2D eigenvalue weighted by molar-refractivity contribution is 0.0587. The second-order valence-electron chi connectivity index (χ2n) is 8.02. The number of sulfone groups is 1. The molecule has 0 unspecified atom stereocenters. The van der Waals surface area contributed by atoms with Crippen LogP contribution < -0.4 is 0 Å². The number of hydrogen-bond acceptors (Lipinski definition) is 9. The Balaban J connectivity index is 1.66. The molecule has 10 nitrogen and oxygen atoms in total. The molecule has 33 heavy (non-hydrogen) atoms. The zero-order valence-electron chi connectivity index (χ0n) is 18.6.